The Balaban J connectivity index is 1.20. The van der Waals surface area contributed by atoms with Crippen molar-refractivity contribution in [2.45, 2.75) is 71.5 Å². The molecule has 28 heavy (non-hydrogen) atoms. The molecule has 1 N–H and O–H groups in total. The summed E-state index contributed by atoms with van der Waals surface area (Å²) in [4.78, 5) is 2.43. The zero-order valence-corrected chi connectivity index (χ0v) is 18.1. The van der Waals surface area contributed by atoms with Gasteiger partial charge in [-0.15, -0.1) is 0 Å². The molecule has 3 fully saturated rings. The monoisotopic (exact) mass is 385 g/mol. The van der Waals surface area contributed by atoms with Crippen molar-refractivity contribution < 1.29 is 9.84 Å². The molecule has 0 aromatic heterocycles. The summed E-state index contributed by atoms with van der Waals surface area (Å²) in [5.74, 6) is 1.57. The van der Waals surface area contributed by atoms with Gasteiger partial charge in [0, 0.05) is 6.54 Å². The van der Waals surface area contributed by atoms with Gasteiger partial charge in [-0.3, -0.25) is 0 Å². The van der Waals surface area contributed by atoms with Crippen LogP contribution in [0.4, 0.5) is 0 Å². The van der Waals surface area contributed by atoms with Crippen LogP contribution >= 0.6 is 0 Å². The predicted molar refractivity (Wildman–Crippen MR) is 114 cm³/mol. The van der Waals surface area contributed by atoms with Gasteiger partial charge in [0.15, 0.2) is 0 Å². The minimum atomic E-state index is -0.371. The number of aliphatic hydroxyl groups is 1. The number of aliphatic hydroxyl groups excluding tert-OH is 1. The summed E-state index contributed by atoms with van der Waals surface area (Å²) in [5, 5.41) is 10.6. The van der Waals surface area contributed by atoms with Crippen molar-refractivity contribution >= 4 is 0 Å². The highest BCUT2D eigenvalue weighted by Gasteiger charge is 2.60. The molecule has 1 heterocycles. The number of rotatable bonds is 7. The van der Waals surface area contributed by atoms with E-state index in [9.17, 15) is 5.11 Å². The molecule has 1 aliphatic heterocycles. The van der Waals surface area contributed by atoms with Crippen LogP contribution in [-0.2, 0) is 11.2 Å². The highest BCUT2D eigenvalue weighted by molar-refractivity contribution is 5.15. The molecule has 0 amide bonds. The van der Waals surface area contributed by atoms with Crippen LogP contribution in [0.1, 0.15) is 58.4 Å². The SMILES string of the molecule is CC1(C)[C@H]2CC[C@](C)(C2)[C@H]1OC[C@H](O)CN1CCC(Cc2ccccc2)CC1. The maximum Gasteiger partial charge on any atom is 0.0900 e. The minimum Gasteiger partial charge on any atom is -0.389 e. The van der Waals surface area contributed by atoms with Crippen LogP contribution in [0.5, 0.6) is 0 Å². The van der Waals surface area contributed by atoms with Crippen molar-refractivity contribution in [3.63, 3.8) is 0 Å². The van der Waals surface area contributed by atoms with Gasteiger partial charge in [-0.05, 0) is 79.8 Å². The van der Waals surface area contributed by atoms with E-state index in [1.165, 1.54) is 44.1 Å². The van der Waals surface area contributed by atoms with Crippen molar-refractivity contribution in [3.05, 3.63) is 35.9 Å². The van der Waals surface area contributed by atoms with Gasteiger partial charge in [0.1, 0.15) is 0 Å². The summed E-state index contributed by atoms with van der Waals surface area (Å²) in [5.41, 5.74) is 2.03. The molecule has 3 nitrogen and oxygen atoms in total. The molecule has 1 aromatic carbocycles. The molecular formula is C25H39NO2. The average molecular weight is 386 g/mol. The van der Waals surface area contributed by atoms with Crippen LogP contribution in [0.3, 0.4) is 0 Å². The zero-order valence-electron chi connectivity index (χ0n) is 18.1. The normalized spacial score (nSPS) is 34.0. The van der Waals surface area contributed by atoms with E-state index in [1.54, 1.807) is 0 Å². The number of β-amino-alcohol motifs (C(OH)–C–C–N with tert-alkyl or cyclic N) is 1. The highest BCUT2D eigenvalue weighted by Crippen LogP contribution is 2.63. The fraction of sp³-hybridized carbons (Fsp3) is 0.760. The lowest BCUT2D eigenvalue weighted by molar-refractivity contribution is -0.114. The molecule has 3 heteroatoms. The molecule has 4 atom stereocenters. The third-order valence-electron chi connectivity index (χ3n) is 8.14. The van der Waals surface area contributed by atoms with Crippen LogP contribution in [0.2, 0.25) is 0 Å². The minimum absolute atomic E-state index is 0.252. The van der Waals surface area contributed by atoms with E-state index >= 15 is 0 Å². The Hall–Kier alpha value is -0.900. The molecule has 1 saturated heterocycles. The first-order chi connectivity index (χ1) is 13.4. The molecule has 2 saturated carbocycles. The van der Waals surface area contributed by atoms with Crippen LogP contribution in [0.25, 0.3) is 0 Å². The zero-order chi connectivity index (χ0) is 19.8. The lowest BCUT2D eigenvalue weighted by Gasteiger charge is -2.43. The lowest BCUT2D eigenvalue weighted by atomic mass is 9.70. The van der Waals surface area contributed by atoms with E-state index in [2.05, 4.69) is 56.0 Å². The Kier molecular flexibility index (Phi) is 5.88. The fourth-order valence-corrected chi connectivity index (χ4v) is 6.55. The molecule has 3 aliphatic rings. The largest absolute Gasteiger partial charge is 0.389 e. The average Bonchev–Trinajstić information content (AvgIpc) is 3.15. The van der Waals surface area contributed by atoms with Crippen molar-refractivity contribution in [1.29, 1.82) is 0 Å². The van der Waals surface area contributed by atoms with Gasteiger partial charge in [-0.1, -0.05) is 51.1 Å². The first-order valence-corrected chi connectivity index (χ1v) is 11.4. The second-order valence-corrected chi connectivity index (χ2v) is 10.7. The molecule has 156 valence electrons. The molecule has 2 bridgehead atoms. The van der Waals surface area contributed by atoms with Gasteiger partial charge >= 0.3 is 0 Å². The molecule has 0 radical (unpaired) electrons. The molecule has 2 aliphatic carbocycles. The fourth-order valence-electron chi connectivity index (χ4n) is 6.55. The van der Waals surface area contributed by atoms with Crippen molar-refractivity contribution in [1.82, 2.24) is 4.90 Å². The number of ether oxygens (including phenoxy) is 1. The lowest BCUT2D eigenvalue weighted by Crippen LogP contribution is -2.45. The van der Waals surface area contributed by atoms with Gasteiger partial charge in [-0.25, -0.2) is 0 Å². The van der Waals surface area contributed by atoms with Gasteiger partial charge in [0.05, 0.1) is 18.8 Å². The second-order valence-electron chi connectivity index (χ2n) is 10.7. The quantitative estimate of drug-likeness (QED) is 0.748. The van der Waals surface area contributed by atoms with Gasteiger partial charge < -0.3 is 14.7 Å². The van der Waals surface area contributed by atoms with Crippen molar-refractivity contribution in [3.8, 4) is 0 Å². The Morgan fingerprint density at radius 2 is 1.82 bits per heavy atom. The number of piperidine rings is 1. The Labute approximate surface area is 171 Å². The summed E-state index contributed by atoms with van der Waals surface area (Å²) in [6.07, 6.45) is 7.53. The van der Waals surface area contributed by atoms with E-state index < -0.39 is 0 Å². The van der Waals surface area contributed by atoms with E-state index in [1.807, 2.05) is 0 Å². The van der Waals surface area contributed by atoms with Gasteiger partial charge in [0.25, 0.3) is 0 Å². The number of nitrogens with zero attached hydrogens (tertiary/aromatic N) is 1. The topological polar surface area (TPSA) is 32.7 Å². The summed E-state index contributed by atoms with van der Waals surface area (Å²) < 4.78 is 6.38. The maximum atomic E-state index is 10.6. The Bertz CT molecular complexity index is 632. The standard InChI is InChI=1S/C25H39NO2/c1-24(2)21-9-12-25(3,16-21)23(24)28-18-22(27)17-26-13-10-20(11-14-26)15-19-7-5-4-6-8-19/h4-8,20-23,27H,9-18H2,1-3H3/t21-,22+,23-,25+/m0/s1. The van der Waals surface area contributed by atoms with Crippen LogP contribution in [0, 0.1) is 22.7 Å². The molecule has 1 aromatic rings. The first kappa shape index (κ1) is 20.4. The van der Waals surface area contributed by atoms with E-state index in [4.69, 9.17) is 4.74 Å². The number of hydrogen-bond donors (Lipinski definition) is 1. The summed E-state index contributed by atoms with van der Waals surface area (Å²) in [6.45, 7) is 10.6. The molecule has 0 spiro atoms. The maximum absolute atomic E-state index is 10.6. The Morgan fingerprint density at radius 1 is 1.11 bits per heavy atom. The van der Waals surface area contributed by atoms with E-state index in [0.29, 0.717) is 18.1 Å². The molecule has 0 unspecified atom stereocenters. The highest BCUT2D eigenvalue weighted by atomic mass is 16.5. The van der Waals surface area contributed by atoms with Crippen LogP contribution < -0.4 is 0 Å². The number of fused-ring (bicyclic) bond motifs is 2. The van der Waals surface area contributed by atoms with Crippen LogP contribution in [-0.4, -0.2) is 48.5 Å². The summed E-state index contributed by atoms with van der Waals surface area (Å²) in [7, 11) is 0. The summed E-state index contributed by atoms with van der Waals surface area (Å²) in [6, 6.07) is 10.8. The number of likely N-dealkylation sites (tertiary alicyclic amines) is 1. The van der Waals surface area contributed by atoms with Gasteiger partial charge in [0.2, 0.25) is 0 Å². The predicted octanol–water partition coefficient (Wildman–Crippen LogP) is 4.53. The van der Waals surface area contributed by atoms with Crippen molar-refractivity contribution in [2.24, 2.45) is 22.7 Å². The Morgan fingerprint density at radius 3 is 2.46 bits per heavy atom. The third-order valence-corrected chi connectivity index (χ3v) is 8.14. The smallest absolute Gasteiger partial charge is 0.0900 e. The van der Waals surface area contributed by atoms with Gasteiger partial charge in [-0.2, -0.15) is 0 Å². The third kappa shape index (κ3) is 4.17. The second kappa shape index (κ2) is 8.08. The van der Waals surface area contributed by atoms with E-state index in [-0.39, 0.29) is 11.5 Å². The van der Waals surface area contributed by atoms with Crippen LogP contribution in [0.15, 0.2) is 30.3 Å². The molecular weight excluding hydrogens is 346 g/mol. The van der Waals surface area contributed by atoms with Crippen molar-refractivity contribution in [2.75, 3.05) is 26.2 Å². The molecule has 4 rings (SSSR count). The van der Waals surface area contributed by atoms with E-state index in [0.717, 1.165) is 31.5 Å². The number of benzene rings is 1. The summed E-state index contributed by atoms with van der Waals surface area (Å²) >= 11 is 0. The number of hydrogen-bond acceptors (Lipinski definition) is 3. The first-order valence-electron chi connectivity index (χ1n) is 11.4.